The minimum Gasteiger partial charge on any atom is -0.488 e. The van der Waals surface area contributed by atoms with Gasteiger partial charge in [0.1, 0.15) is 13.2 Å². The fourth-order valence-electron chi connectivity index (χ4n) is 5.23. The van der Waals surface area contributed by atoms with E-state index in [4.69, 9.17) is 18.9 Å². The van der Waals surface area contributed by atoms with Crippen molar-refractivity contribution in [2.24, 2.45) is 5.41 Å². The highest BCUT2D eigenvalue weighted by Gasteiger charge is 2.40. The van der Waals surface area contributed by atoms with E-state index in [1.807, 2.05) is 6.92 Å². The van der Waals surface area contributed by atoms with Gasteiger partial charge in [0.2, 0.25) is 11.8 Å². The molecule has 278 valence electrons. The maximum Gasteiger partial charge on any atom is 0.416 e. The Morgan fingerprint density at radius 3 is 2.24 bits per heavy atom. The molecule has 2 aromatic heterocycles. The van der Waals surface area contributed by atoms with Gasteiger partial charge in [-0.05, 0) is 56.5 Å². The number of carbonyl (C=O) groups is 2. The lowest BCUT2D eigenvalue weighted by atomic mass is 9.93. The average molecular weight is 730 g/mol. The molecule has 1 aromatic carbocycles. The maximum absolute atomic E-state index is 13.6. The third-order valence-corrected chi connectivity index (χ3v) is 8.05. The Kier molecular flexibility index (Phi) is 11.9. The molecule has 51 heavy (non-hydrogen) atoms. The highest BCUT2D eigenvalue weighted by Crippen LogP contribution is 2.41. The summed E-state index contributed by atoms with van der Waals surface area (Å²) < 4.78 is 103. The van der Waals surface area contributed by atoms with Gasteiger partial charge in [0.05, 0.1) is 59.6 Å². The topological polar surface area (TPSA) is 145 Å². The van der Waals surface area contributed by atoms with Crippen LogP contribution in [0.5, 0.6) is 11.6 Å². The number of carbonyl (C=O) groups excluding carboxylic acids is 1. The van der Waals surface area contributed by atoms with Crippen molar-refractivity contribution in [1.82, 2.24) is 15.0 Å². The number of benzene rings is 1. The number of halogens is 6. The number of ether oxygens (including phenoxy) is 4. The molecular weight excluding hydrogens is 692 g/mol. The largest absolute Gasteiger partial charge is 0.488 e. The Balaban J connectivity index is 1.72. The first-order chi connectivity index (χ1) is 23.9. The number of amides is 1. The number of pyridine rings is 1. The van der Waals surface area contributed by atoms with Crippen molar-refractivity contribution in [1.29, 1.82) is 0 Å². The Bertz CT molecular complexity index is 1690. The summed E-state index contributed by atoms with van der Waals surface area (Å²) in [6.07, 6.45) is -9.48. The van der Waals surface area contributed by atoms with Crippen LogP contribution in [0, 0.1) is 5.41 Å². The van der Waals surface area contributed by atoms with Crippen LogP contribution in [0.4, 0.5) is 42.8 Å². The van der Waals surface area contributed by atoms with Gasteiger partial charge in [0.25, 0.3) is 0 Å². The molecule has 1 aliphatic rings. The molecule has 1 amide bonds. The molecule has 0 bridgehead atoms. The Labute approximate surface area is 289 Å². The fourth-order valence-corrected chi connectivity index (χ4v) is 5.23. The van der Waals surface area contributed by atoms with E-state index in [1.54, 1.807) is 6.07 Å². The van der Waals surface area contributed by atoms with Gasteiger partial charge in [-0.25, -0.2) is 19.7 Å². The van der Waals surface area contributed by atoms with Gasteiger partial charge in [0, 0.05) is 25.6 Å². The van der Waals surface area contributed by atoms with Gasteiger partial charge in [-0.3, -0.25) is 9.69 Å². The third-order valence-electron chi connectivity index (χ3n) is 8.05. The van der Waals surface area contributed by atoms with Gasteiger partial charge in [0.15, 0.2) is 5.75 Å². The summed E-state index contributed by atoms with van der Waals surface area (Å²) in [6.45, 7) is 4.38. The molecule has 3 heterocycles. The number of aromatic nitrogens is 3. The fraction of sp³-hybridized carbons (Fsp3) is 0.485. The van der Waals surface area contributed by atoms with Gasteiger partial charge in [-0.2, -0.15) is 26.3 Å². The highest BCUT2D eigenvalue weighted by molar-refractivity contribution is 5.90. The van der Waals surface area contributed by atoms with Crippen LogP contribution in [0.3, 0.4) is 0 Å². The SMILES string of the molecule is CC[C@@H]1C[C@H](Nc2ncc(OCCOC)c(Cc3cc(C(F)(F)F)cc(C(F)(F)F)c3)n2)c2nc(OC)ccc2N1C(=O)OCC(C)(C)C(=O)O. The molecular formula is C33H37F6N5O7. The van der Waals surface area contributed by atoms with Crippen molar-refractivity contribution < 1.29 is 60.0 Å². The van der Waals surface area contributed by atoms with Crippen LogP contribution >= 0.6 is 0 Å². The molecule has 0 radical (unpaired) electrons. The van der Waals surface area contributed by atoms with E-state index in [0.29, 0.717) is 29.9 Å². The predicted octanol–water partition coefficient (Wildman–Crippen LogP) is 6.92. The molecule has 2 N–H and O–H groups in total. The molecule has 0 saturated carbocycles. The number of hydrogen-bond acceptors (Lipinski definition) is 10. The standard InChI is InChI=1S/C33H37F6N5O7/c1-6-21-15-23(27-24(7-8-26(43-27)49-5)44(21)30(47)51-17-31(2,3)28(45)46)42-29-40-16-25(50-10-9-48-4)22(41-29)13-18-11-19(32(34,35)36)14-20(12-18)33(37,38)39/h7-8,11-12,14,16,21,23H,6,9-10,13,15,17H2,1-5H3,(H,45,46)(H,40,41,42)/t21-,23+/m1/s1. The van der Waals surface area contributed by atoms with Crippen LogP contribution in [-0.2, 0) is 33.0 Å². The first-order valence-electron chi connectivity index (χ1n) is 15.6. The molecule has 0 unspecified atom stereocenters. The Morgan fingerprint density at radius 2 is 1.67 bits per heavy atom. The monoisotopic (exact) mass is 729 g/mol. The lowest BCUT2D eigenvalue weighted by Gasteiger charge is -2.39. The summed E-state index contributed by atoms with van der Waals surface area (Å²) in [5, 5.41) is 12.6. The first-order valence-corrected chi connectivity index (χ1v) is 15.6. The normalized spacial score (nSPS) is 16.3. The van der Waals surface area contributed by atoms with E-state index in [-0.39, 0.29) is 54.5 Å². The second-order valence-corrected chi connectivity index (χ2v) is 12.3. The number of aliphatic carboxylic acids is 1. The summed E-state index contributed by atoms with van der Waals surface area (Å²) in [5.74, 6) is -0.997. The summed E-state index contributed by atoms with van der Waals surface area (Å²) >= 11 is 0. The zero-order valence-electron chi connectivity index (χ0n) is 28.3. The Morgan fingerprint density at radius 1 is 1.00 bits per heavy atom. The maximum atomic E-state index is 13.6. The summed E-state index contributed by atoms with van der Waals surface area (Å²) in [7, 11) is 2.81. The number of methoxy groups -OCH3 is 2. The van der Waals surface area contributed by atoms with Crippen molar-refractivity contribution in [3.8, 4) is 11.6 Å². The first kappa shape index (κ1) is 38.9. The van der Waals surface area contributed by atoms with Gasteiger partial charge in [-0.1, -0.05) is 6.92 Å². The molecule has 0 aliphatic carbocycles. The van der Waals surface area contributed by atoms with E-state index >= 15 is 0 Å². The molecule has 0 spiro atoms. The zero-order valence-corrected chi connectivity index (χ0v) is 28.3. The summed E-state index contributed by atoms with van der Waals surface area (Å²) in [4.78, 5) is 39.6. The quantitative estimate of drug-likeness (QED) is 0.140. The number of nitrogens with one attached hydrogen (secondary N) is 1. The van der Waals surface area contributed by atoms with Crippen LogP contribution in [-0.4, -0.2) is 72.2 Å². The van der Waals surface area contributed by atoms with Crippen LogP contribution in [0.2, 0.25) is 0 Å². The lowest BCUT2D eigenvalue weighted by molar-refractivity contribution is -0.149. The number of carboxylic acids is 1. The van der Waals surface area contributed by atoms with E-state index < -0.39 is 66.1 Å². The molecule has 0 saturated heterocycles. The highest BCUT2D eigenvalue weighted by atomic mass is 19.4. The zero-order chi connectivity index (χ0) is 37.7. The van der Waals surface area contributed by atoms with Crippen molar-refractivity contribution >= 4 is 23.7 Å². The van der Waals surface area contributed by atoms with Crippen LogP contribution < -0.4 is 19.7 Å². The van der Waals surface area contributed by atoms with Crippen LogP contribution in [0.15, 0.2) is 36.5 Å². The average Bonchev–Trinajstić information content (AvgIpc) is 3.06. The van der Waals surface area contributed by atoms with E-state index in [9.17, 15) is 41.0 Å². The number of anilines is 2. The second-order valence-electron chi connectivity index (χ2n) is 12.3. The van der Waals surface area contributed by atoms with E-state index in [1.165, 1.54) is 45.2 Å². The molecule has 1 aliphatic heterocycles. The number of alkyl halides is 6. The molecule has 18 heteroatoms. The Hall–Kier alpha value is -4.87. The number of hydrogen-bond donors (Lipinski definition) is 2. The summed E-state index contributed by atoms with van der Waals surface area (Å²) in [5.41, 5.74) is -3.99. The molecule has 4 rings (SSSR count). The lowest BCUT2D eigenvalue weighted by Crippen LogP contribution is -2.47. The third kappa shape index (κ3) is 9.47. The molecule has 0 fully saturated rings. The number of fused-ring (bicyclic) bond motifs is 1. The minimum atomic E-state index is -5.04. The number of carboxylic acid groups (broad SMARTS) is 1. The molecule has 2 atom stereocenters. The number of rotatable bonds is 13. The van der Waals surface area contributed by atoms with Crippen molar-refractivity contribution in [3.05, 3.63) is 64.6 Å². The van der Waals surface area contributed by atoms with Gasteiger partial charge in [-0.15, -0.1) is 0 Å². The van der Waals surface area contributed by atoms with Crippen molar-refractivity contribution in [3.63, 3.8) is 0 Å². The van der Waals surface area contributed by atoms with Crippen LogP contribution in [0.1, 0.15) is 67.7 Å². The smallest absolute Gasteiger partial charge is 0.416 e. The van der Waals surface area contributed by atoms with Crippen molar-refractivity contribution in [2.75, 3.05) is 44.3 Å². The van der Waals surface area contributed by atoms with E-state index in [2.05, 4.69) is 20.3 Å². The number of nitrogens with zero attached hydrogens (tertiary/aromatic N) is 4. The van der Waals surface area contributed by atoms with Crippen molar-refractivity contribution in [2.45, 2.75) is 64.5 Å². The second kappa shape index (κ2) is 15.6. The predicted molar refractivity (Wildman–Crippen MR) is 170 cm³/mol. The molecule has 12 nitrogen and oxygen atoms in total. The minimum absolute atomic E-state index is 0.0102. The van der Waals surface area contributed by atoms with Crippen LogP contribution in [0.25, 0.3) is 0 Å². The van der Waals surface area contributed by atoms with E-state index in [0.717, 1.165) is 0 Å². The summed E-state index contributed by atoms with van der Waals surface area (Å²) in [6, 6.07) is 3.23. The molecule has 3 aromatic rings. The van der Waals surface area contributed by atoms with Gasteiger partial charge < -0.3 is 29.4 Å². The van der Waals surface area contributed by atoms with Gasteiger partial charge >= 0.3 is 24.4 Å².